The normalized spacial score (nSPS) is 14.6. The standard InChI is InChI=1S/C13H18BNO3/c1-4-13(2,3)12(16)15-10-5-6-11-9(7-10)8-18-14(11)17/h5-7,17H,4,8H2,1-3H3,(H,15,16). The van der Waals surface area contributed by atoms with E-state index in [0.29, 0.717) is 6.61 Å². The Labute approximate surface area is 107 Å². The molecule has 1 aromatic carbocycles. The zero-order valence-electron chi connectivity index (χ0n) is 11.0. The van der Waals surface area contributed by atoms with Gasteiger partial charge in [0.05, 0.1) is 6.61 Å². The average molecular weight is 247 g/mol. The average Bonchev–Trinajstić information content (AvgIpc) is 2.70. The number of hydrogen-bond acceptors (Lipinski definition) is 3. The highest BCUT2D eigenvalue weighted by molar-refractivity contribution is 6.61. The molecule has 0 saturated heterocycles. The largest absolute Gasteiger partial charge is 0.491 e. The molecule has 1 aliphatic heterocycles. The van der Waals surface area contributed by atoms with Crippen molar-refractivity contribution < 1.29 is 14.5 Å². The van der Waals surface area contributed by atoms with E-state index >= 15 is 0 Å². The molecule has 0 fully saturated rings. The summed E-state index contributed by atoms with van der Waals surface area (Å²) in [5, 5.41) is 12.4. The minimum Gasteiger partial charge on any atom is -0.423 e. The second kappa shape index (κ2) is 4.74. The summed E-state index contributed by atoms with van der Waals surface area (Å²) in [5.74, 6) is 0.00409. The molecule has 0 aliphatic carbocycles. The minimum absolute atomic E-state index is 0.00409. The van der Waals surface area contributed by atoms with Crippen molar-refractivity contribution >= 4 is 24.2 Å². The number of carbonyl (C=O) groups is 1. The van der Waals surface area contributed by atoms with E-state index < -0.39 is 7.12 Å². The first kappa shape index (κ1) is 13.1. The van der Waals surface area contributed by atoms with Gasteiger partial charge >= 0.3 is 7.12 Å². The number of nitrogens with one attached hydrogen (secondary N) is 1. The van der Waals surface area contributed by atoms with Crippen molar-refractivity contribution in [1.82, 2.24) is 0 Å². The number of carbonyl (C=O) groups excluding carboxylic acids is 1. The van der Waals surface area contributed by atoms with Gasteiger partial charge in [0.25, 0.3) is 0 Å². The third kappa shape index (κ3) is 2.42. The molecule has 1 heterocycles. The summed E-state index contributed by atoms with van der Waals surface area (Å²) in [7, 11) is -0.836. The first-order valence-corrected chi connectivity index (χ1v) is 6.18. The van der Waals surface area contributed by atoms with Crippen LogP contribution in [0.5, 0.6) is 0 Å². The van der Waals surface area contributed by atoms with Crippen molar-refractivity contribution in [3.8, 4) is 0 Å². The maximum absolute atomic E-state index is 12.0. The summed E-state index contributed by atoms with van der Waals surface area (Å²) in [5.41, 5.74) is 2.07. The van der Waals surface area contributed by atoms with Crippen molar-refractivity contribution in [3.05, 3.63) is 23.8 Å². The molecule has 0 atom stereocenters. The third-order valence-corrected chi connectivity index (χ3v) is 3.56. The third-order valence-electron chi connectivity index (χ3n) is 3.56. The molecule has 18 heavy (non-hydrogen) atoms. The van der Waals surface area contributed by atoms with Crippen LogP contribution in [0.2, 0.25) is 0 Å². The van der Waals surface area contributed by atoms with E-state index in [1.54, 1.807) is 12.1 Å². The molecule has 0 bridgehead atoms. The van der Waals surface area contributed by atoms with Crippen LogP contribution in [-0.2, 0) is 16.1 Å². The number of anilines is 1. The van der Waals surface area contributed by atoms with Gasteiger partial charge in [0, 0.05) is 11.1 Å². The van der Waals surface area contributed by atoms with Gasteiger partial charge < -0.3 is 15.0 Å². The van der Waals surface area contributed by atoms with E-state index in [4.69, 9.17) is 4.65 Å². The second-order valence-electron chi connectivity index (χ2n) is 5.27. The van der Waals surface area contributed by atoms with Crippen LogP contribution in [0.1, 0.15) is 32.8 Å². The quantitative estimate of drug-likeness (QED) is 0.791. The first-order valence-electron chi connectivity index (χ1n) is 6.18. The highest BCUT2D eigenvalue weighted by Crippen LogP contribution is 2.23. The van der Waals surface area contributed by atoms with E-state index in [9.17, 15) is 9.82 Å². The van der Waals surface area contributed by atoms with Crippen LogP contribution < -0.4 is 10.8 Å². The van der Waals surface area contributed by atoms with Crippen LogP contribution in [0, 0.1) is 5.41 Å². The number of hydrogen-bond donors (Lipinski definition) is 2. The zero-order valence-corrected chi connectivity index (χ0v) is 11.0. The Bertz CT molecular complexity index is 473. The molecule has 4 nitrogen and oxygen atoms in total. The molecule has 0 saturated carbocycles. The van der Waals surface area contributed by atoms with E-state index in [0.717, 1.165) is 23.1 Å². The predicted octanol–water partition coefficient (Wildman–Crippen LogP) is 1.28. The molecule has 96 valence electrons. The SMILES string of the molecule is CCC(C)(C)C(=O)Nc1ccc2c(c1)COB2O. The zero-order chi connectivity index (χ0) is 13.3. The molecule has 0 spiro atoms. The Hall–Kier alpha value is -1.33. The highest BCUT2D eigenvalue weighted by Gasteiger charge is 2.28. The van der Waals surface area contributed by atoms with Gasteiger partial charge in [-0.15, -0.1) is 0 Å². The summed E-state index contributed by atoms with van der Waals surface area (Å²) >= 11 is 0. The molecule has 0 aromatic heterocycles. The van der Waals surface area contributed by atoms with Crippen molar-refractivity contribution in [2.75, 3.05) is 5.32 Å². The maximum atomic E-state index is 12.0. The summed E-state index contributed by atoms with van der Waals surface area (Å²) < 4.78 is 5.11. The van der Waals surface area contributed by atoms with Crippen LogP contribution >= 0.6 is 0 Å². The fraction of sp³-hybridized carbons (Fsp3) is 0.462. The molecule has 0 unspecified atom stereocenters. The van der Waals surface area contributed by atoms with Gasteiger partial charge in [0.1, 0.15) is 0 Å². The van der Waals surface area contributed by atoms with Gasteiger partial charge in [-0.1, -0.05) is 26.8 Å². The van der Waals surface area contributed by atoms with Crippen molar-refractivity contribution in [2.45, 2.75) is 33.8 Å². The molecule has 5 heteroatoms. The molecular formula is C13H18BNO3. The molecule has 1 aliphatic rings. The van der Waals surface area contributed by atoms with E-state index in [-0.39, 0.29) is 11.3 Å². The molecule has 0 radical (unpaired) electrons. The van der Waals surface area contributed by atoms with Gasteiger partial charge in [-0.05, 0) is 29.6 Å². The highest BCUT2D eigenvalue weighted by atomic mass is 16.5. The Kier molecular flexibility index (Phi) is 3.46. The maximum Gasteiger partial charge on any atom is 0.491 e. The predicted molar refractivity (Wildman–Crippen MR) is 71.5 cm³/mol. The summed E-state index contributed by atoms with van der Waals surface area (Å²) in [6.07, 6.45) is 0.783. The summed E-state index contributed by atoms with van der Waals surface area (Å²) in [4.78, 5) is 12.0. The minimum atomic E-state index is -0.836. The van der Waals surface area contributed by atoms with Crippen LogP contribution in [0.15, 0.2) is 18.2 Å². The monoisotopic (exact) mass is 247 g/mol. The lowest BCUT2D eigenvalue weighted by Crippen LogP contribution is -2.31. The fourth-order valence-corrected chi connectivity index (χ4v) is 1.77. The fourth-order valence-electron chi connectivity index (χ4n) is 1.77. The first-order chi connectivity index (χ1) is 8.44. The van der Waals surface area contributed by atoms with E-state index in [1.165, 1.54) is 0 Å². The Morgan fingerprint density at radius 2 is 2.28 bits per heavy atom. The summed E-state index contributed by atoms with van der Waals surface area (Å²) in [6, 6.07) is 5.44. The van der Waals surface area contributed by atoms with Crippen LogP contribution in [-0.4, -0.2) is 18.0 Å². The van der Waals surface area contributed by atoms with E-state index in [2.05, 4.69) is 5.32 Å². The smallest absolute Gasteiger partial charge is 0.423 e. The Balaban J connectivity index is 2.15. The second-order valence-corrected chi connectivity index (χ2v) is 5.27. The topological polar surface area (TPSA) is 58.6 Å². The molecule has 2 rings (SSSR count). The van der Waals surface area contributed by atoms with Gasteiger partial charge in [-0.25, -0.2) is 0 Å². The van der Waals surface area contributed by atoms with Crippen LogP contribution in [0.3, 0.4) is 0 Å². The van der Waals surface area contributed by atoms with Gasteiger partial charge in [0.15, 0.2) is 0 Å². The Morgan fingerprint density at radius 3 is 2.94 bits per heavy atom. The van der Waals surface area contributed by atoms with Crippen molar-refractivity contribution in [3.63, 3.8) is 0 Å². The molecule has 1 aromatic rings. The van der Waals surface area contributed by atoms with Gasteiger partial charge in [0.2, 0.25) is 5.91 Å². The molecule has 2 N–H and O–H groups in total. The van der Waals surface area contributed by atoms with Crippen LogP contribution in [0.25, 0.3) is 0 Å². The van der Waals surface area contributed by atoms with E-state index in [1.807, 2.05) is 26.8 Å². The number of benzene rings is 1. The molecular weight excluding hydrogens is 229 g/mol. The van der Waals surface area contributed by atoms with Crippen molar-refractivity contribution in [1.29, 1.82) is 0 Å². The molecule has 1 amide bonds. The Morgan fingerprint density at radius 1 is 1.56 bits per heavy atom. The van der Waals surface area contributed by atoms with Gasteiger partial charge in [-0.3, -0.25) is 4.79 Å². The lowest BCUT2D eigenvalue weighted by Gasteiger charge is -2.21. The number of rotatable bonds is 3. The lowest BCUT2D eigenvalue weighted by atomic mass is 9.79. The number of fused-ring (bicyclic) bond motifs is 1. The van der Waals surface area contributed by atoms with Crippen LogP contribution in [0.4, 0.5) is 5.69 Å². The summed E-state index contributed by atoms with van der Waals surface area (Å²) in [6.45, 7) is 6.22. The lowest BCUT2D eigenvalue weighted by molar-refractivity contribution is -0.124. The van der Waals surface area contributed by atoms with Crippen molar-refractivity contribution in [2.24, 2.45) is 5.41 Å². The number of amides is 1. The van der Waals surface area contributed by atoms with Gasteiger partial charge in [-0.2, -0.15) is 0 Å².